The standard InChI is InChI=1S/C25H27ClN6O2/c26-21-6-4-20(5-7-21)25(18-34)8-12-30(13-9-25)22-3-1-11-32-24(22)28-23(29-32)15-19-16-27-31(17-19)10-2-14-33/h1,3-7,11,14,16-17,34H,2,8-10,12-13,15,18H2. The van der Waals surface area contributed by atoms with Crippen molar-refractivity contribution in [1.82, 2.24) is 24.4 Å². The largest absolute Gasteiger partial charge is 0.395 e. The number of aromatic nitrogens is 5. The van der Waals surface area contributed by atoms with Gasteiger partial charge in [-0.2, -0.15) is 10.2 Å². The van der Waals surface area contributed by atoms with Crippen molar-refractivity contribution in [2.45, 2.75) is 37.6 Å². The minimum Gasteiger partial charge on any atom is -0.395 e. The lowest BCUT2D eigenvalue weighted by molar-refractivity contribution is -0.108. The molecule has 1 aliphatic heterocycles. The van der Waals surface area contributed by atoms with Gasteiger partial charge in [0.05, 0.1) is 18.5 Å². The fourth-order valence-corrected chi connectivity index (χ4v) is 4.89. The van der Waals surface area contributed by atoms with Gasteiger partial charge in [-0.15, -0.1) is 0 Å². The van der Waals surface area contributed by atoms with E-state index < -0.39 is 0 Å². The van der Waals surface area contributed by atoms with E-state index in [-0.39, 0.29) is 12.0 Å². The maximum Gasteiger partial charge on any atom is 0.178 e. The van der Waals surface area contributed by atoms with Crippen LogP contribution in [0.15, 0.2) is 55.0 Å². The van der Waals surface area contributed by atoms with Crippen molar-refractivity contribution in [3.63, 3.8) is 0 Å². The Labute approximate surface area is 202 Å². The van der Waals surface area contributed by atoms with Gasteiger partial charge in [0.1, 0.15) is 6.29 Å². The monoisotopic (exact) mass is 478 g/mol. The van der Waals surface area contributed by atoms with Gasteiger partial charge in [-0.25, -0.2) is 9.50 Å². The Kier molecular flexibility index (Phi) is 6.34. The molecule has 0 atom stereocenters. The molecule has 9 heteroatoms. The number of aliphatic hydroxyl groups excluding tert-OH is 1. The zero-order chi connectivity index (χ0) is 23.5. The van der Waals surface area contributed by atoms with Crippen molar-refractivity contribution >= 4 is 29.2 Å². The molecule has 4 heterocycles. The second-order valence-corrected chi connectivity index (χ2v) is 9.30. The van der Waals surface area contributed by atoms with Crippen LogP contribution in [0, 0.1) is 0 Å². The summed E-state index contributed by atoms with van der Waals surface area (Å²) in [5.41, 5.74) is 3.77. The van der Waals surface area contributed by atoms with E-state index in [2.05, 4.69) is 21.2 Å². The molecular weight excluding hydrogens is 452 g/mol. The molecule has 1 N–H and O–H groups in total. The van der Waals surface area contributed by atoms with Crippen LogP contribution in [-0.4, -0.2) is 55.5 Å². The number of aliphatic hydroxyl groups is 1. The molecule has 3 aromatic heterocycles. The highest BCUT2D eigenvalue weighted by Gasteiger charge is 2.36. The molecule has 176 valence electrons. The minimum atomic E-state index is -0.255. The number of fused-ring (bicyclic) bond motifs is 1. The van der Waals surface area contributed by atoms with E-state index in [1.54, 1.807) is 10.9 Å². The van der Waals surface area contributed by atoms with Crippen molar-refractivity contribution in [3.8, 4) is 0 Å². The molecule has 8 nitrogen and oxygen atoms in total. The summed E-state index contributed by atoms with van der Waals surface area (Å²) in [5, 5.41) is 20.0. The summed E-state index contributed by atoms with van der Waals surface area (Å²) >= 11 is 6.07. The number of aldehydes is 1. The molecule has 1 aromatic carbocycles. The highest BCUT2D eigenvalue weighted by molar-refractivity contribution is 6.30. The Morgan fingerprint density at radius 3 is 2.68 bits per heavy atom. The zero-order valence-electron chi connectivity index (χ0n) is 18.8. The molecule has 4 aromatic rings. The summed E-state index contributed by atoms with van der Waals surface area (Å²) in [4.78, 5) is 17.8. The summed E-state index contributed by atoms with van der Waals surface area (Å²) < 4.78 is 3.60. The molecule has 0 aliphatic carbocycles. The molecule has 0 unspecified atom stereocenters. The average Bonchev–Trinajstić information content (AvgIpc) is 3.49. The first-order valence-corrected chi connectivity index (χ1v) is 11.9. The van der Waals surface area contributed by atoms with Gasteiger partial charge in [-0.3, -0.25) is 4.68 Å². The Hall–Kier alpha value is -3.23. The Balaban J connectivity index is 1.33. The van der Waals surface area contributed by atoms with Gasteiger partial charge in [-0.05, 0) is 48.2 Å². The van der Waals surface area contributed by atoms with Crippen molar-refractivity contribution in [3.05, 3.63) is 77.0 Å². The number of benzene rings is 1. The summed E-state index contributed by atoms with van der Waals surface area (Å²) in [7, 11) is 0. The van der Waals surface area contributed by atoms with E-state index in [1.807, 2.05) is 47.2 Å². The van der Waals surface area contributed by atoms with Crippen LogP contribution in [0.2, 0.25) is 5.02 Å². The first-order valence-electron chi connectivity index (χ1n) is 11.5. The van der Waals surface area contributed by atoms with Crippen LogP contribution in [0.3, 0.4) is 0 Å². The van der Waals surface area contributed by atoms with Crippen LogP contribution in [-0.2, 0) is 23.2 Å². The van der Waals surface area contributed by atoms with Crippen LogP contribution in [0.25, 0.3) is 5.65 Å². The number of rotatable bonds is 8. The highest BCUT2D eigenvalue weighted by Crippen LogP contribution is 2.37. The third-order valence-corrected chi connectivity index (χ3v) is 6.98. The Morgan fingerprint density at radius 2 is 1.94 bits per heavy atom. The van der Waals surface area contributed by atoms with Gasteiger partial charge in [0.2, 0.25) is 0 Å². The van der Waals surface area contributed by atoms with Crippen molar-refractivity contribution in [2.75, 3.05) is 24.6 Å². The minimum absolute atomic E-state index is 0.113. The van der Waals surface area contributed by atoms with E-state index >= 15 is 0 Å². The molecular formula is C25H27ClN6O2. The topological polar surface area (TPSA) is 88.5 Å². The maximum absolute atomic E-state index is 10.6. The second kappa shape index (κ2) is 9.56. The summed E-state index contributed by atoms with van der Waals surface area (Å²) in [5.74, 6) is 0.727. The average molecular weight is 479 g/mol. The second-order valence-electron chi connectivity index (χ2n) is 8.87. The van der Waals surface area contributed by atoms with E-state index in [1.165, 1.54) is 0 Å². The lowest BCUT2D eigenvalue weighted by Gasteiger charge is -2.42. The molecule has 1 saturated heterocycles. The van der Waals surface area contributed by atoms with E-state index in [0.717, 1.165) is 60.5 Å². The van der Waals surface area contributed by atoms with E-state index in [9.17, 15) is 9.90 Å². The Morgan fingerprint density at radius 1 is 1.15 bits per heavy atom. The summed E-state index contributed by atoms with van der Waals surface area (Å²) in [6.45, 7) is 2.32. The summed E-state index contributed by atoms with van der Waals surface area (Å²) in [6, 6.07) is 11.9. The van der Waals surface area contributed by atoms with Gasteiger partial charge in [-0.1, -0.05) is 23.7 Å². The smallest absolute Gasteiger partial charge is 0.178 e. The lowest BCUT2D eigenvalue weighted by atomic mass is 9.73. The van der Waals surface area contributed by atoms with Crippen molar-refractivity contribution < 1.29 is 9.90 Å². The first kappa shape index (κ1) is 22.6. The number of hydrogen-bond donors (Lipinski definition) is 1. The van der Waals surface area contributed by atoms with Crippen LogP contribution >= 0.6 is 11.6 Å². The van der Waals surface area contributed by atoms with Crippen LogP contribution in [0.4, 0.5) is 5.69 Å². The SMILES string of the molecule is O=CCCn1cc(Cc2nc3c(N4CCC(CO)(c5ccc(Cl)cc5)CC4)cccn3n2)cn1. The molecule has 5 rings (SSSR count). The third kappa shape index (κ3) is 4.43. The van der Waals surface area contributed by atoms with Crippen molar-refractivity contribution in [1.29, 1.82) is 0 Å². The molecule has 0 saturated carbocycles. The lowest BCUT2D eigenvalue weighted by Crippen LogP contribution is -2.45. The molecule has 0 bridgehead atoms. The number of hydrogen-bond acceptors (Lipinski definition) is 6. The number of pyridine rings is 1. The fraction of sp³-hybridized carbons (Fsp3) is 0.360. The number of anilines is 1. The van der Waals surface area contributed by atoms with Gasteiger partial charge in [0.15, 0.2) is 11.5 Å². The molecule has 1 fully saturated rings. The predicted molar refractivity (Wildman–Crippen MR) is 130 cm³/mol. The van der Waals surface area contributed by atoms with Crippen molar-refractivity contribution in [2.24, 2.45) is 0 Å². The summed E-state index contributed by atoms with van der Waals surface area (Å²) in [6.07, 6.45) is 9.25. The number of aryl methyl sites for hydroxylation is 1. The van der Waals surface area contributed by atoms with Gasteiger partial charge in [0.25, 0.3) is 0 Å². The van der Waals surface area contributed by atoms with Crippen LogP contribution in [0.1, 0.15) is 36.2 Å². The molecule has 0 spiro atoms. The van der Waals surface area contributed by atoms with Gasteiger partial charge < -0.3 is 14.8 Å². The number of piperidine rings is 1. The molecule has 34 heavy (non-hydrogen) atoms. The quantitative estimate of drug-likeness (QED) is 0.391. The van der Waals surface area contributed by atoms with Crippen LogP contribution in [0.5, 0.6) is 0 Å². The van der Waals surface area contributed by atoms with E-state index in [4.69, 9.17) is 16.6 Å². The number of nitrogens with zero attached hydrogens (tertiary/aromatic N) is 6. The number of halogens is 1. The van der Waals surface area contributed by atoms with Gasteiger partial charge >= 0.3 is 0 Å². The third-order valence-electron chi connectivity index (χ3n) is 6.73. The molecule has 0 amide bonds. The zero-order valence-corrected chi connectivity index (χ0v) is 19.6. The molecule has 1 aliphatic rings. The van der Waals surface area contributed by atoms with Crippen LogP contribution < -0.4 is 4.90 Å². The maximum atomic E-state index is 10.6. The van der Waals surface area contributed by atoms with Gasteiger partial charge in [0, 0.05) is 55.3 Å². The first-order chi connectivity index (χ1) is 16.6. The number of carbonyl (C=O) groups is 1. The molecule has 0 radical (unpaired) electrons. The normalized spacial score (nSPS) is 15.6. The predicted octanol–water partition coefficient (Wildman–Crippen LogP) is 3.29. The fourth-order valence-electron chi connectivity index (χ4n) is 4.76. The van der Waals surface area contributed by atoms with E-state index in [0.29, 0.717) is 24.4 Å². The highest BCUT2D eigenvalue weighted by atomic mass is 35.5. The Bertz CT molecular complexity index is 1270. The number of carbonyl (C=O) groups excluding carboxylic acids is 1.